The highest BCUT2D eigenvalue weighted by molar-refractivity contribution is 9.10. The summed E-state index contributed by atoms with van der Waals surface area (Å²) in [4.78, 5) is 17.0. The second-order valence-corrected chi connectivity index (χ2v) is 8.95. The van der Waals surface area contributed by atoms with Gasteiger partial charge in [0.1, 0.15) is 10.8 Å². The molecule has 1 amide bonds. The van der Waals surface area contributed by atoms with Crippen molar-refractivity contribution in [3.05, 3.63) is 76.3 Å². The summed E-state index contributed by atoms with van der Waals surface area (Å²) >= 11 is 10.1. The zero-order valence-electron chi connectivity index (χ0n) is 15.8. The first kappa shape index (κ1) is 20.5. The number of para-hydroxylation sites is 1. The fraction of sp³-hybridized carbons (Fsp3) is 0.0455. The predicted octanol–water partition coefficient (Wildman–Crippen LogP) is 5.87. The number of phenols is 1. The van der Waals surface area contributed by atoms with Crippen LogP contribution < -0.4 is 10.6 Å². The average Bonchev–Trinajstić information content (AvgIpc) is 3.15. The van der Waals surface area contributed by atoms with E-state index in [2.05, 4.69) is 31.5 Å². The van der Waals surface area contributed by atoms with Crippen molar-refractivity contribution in [3.8, 4) is 16.3 Å². The number of carbonyl (C=O) groups excluding carboxylic acids is 1. The van der Waals surface area contributed by atoms with E-state index in [1.54, 1.807) is 43.3 Å². The molecule has 0 bridgehead atoms. The minimum atomic E-state index is -0.304. The molecule has 150 valence electrons. The van der Waals surface area contributed by atoms with Crippen LogP contribution in [0.2, 0.25) is 0 Å². The number of aromatic hydroxyl groups is 1. The topological polar surface area (TPSA) is 74.2 Å². The standard InChI is InChI=1S/C22H16BrN3O2S2/c1-12-10-15(24-22(29)26-20(28)13-6-8-14(23)9-7-13)11-16(19(12)27)21-25-17-4-2-3-5-18(17)30-21/h2-11,27H,1H3,(H2,24,26,28,29). The van der Waals surface area contributed by atoms with Crippen LogP contribution in [0.5, 0.6) is 5.75 Å². The summed E-state index contributed by atoms with van der Waals surface area (Å²) in [6.45, 7) is 1.81. The Bertz CT molecular complexity index is 1240. The number of anilines is 1. The minimum Gasteiger partial charge on any atom is -0.507 e. The molecule has 0 fully saturated rings. The number of phenolic OH excluding ortho intramolecular Hbond substituents is 1. The lowest BCUT2D eigenvalue weighted by molar-refractivity contribution is 0.0977. The first-order chi connectivity index (χ1) is 14.4. The fourth-order valence-corrected chi connectivity index (χ4v) is 4.40. The summed E-state index contributed by atoms with van der Waals surface area (Å²) in [5.74, 6) is -0.133. The maximum absolute atomic E-state index is 12.4. The molecule has 0 aliphatic heterocycles. The largest absolute Gasteiger partial charge is 0.507 e. The summed E-state index contributed by atoms with van der Waals surface area (Å²) in [5, 5.41) is 17.2. The van der Waals surface area contributed by atoms with Crippen LogP contribution >= 0.6 is 39.5 Å². The Morgan fingerprint density at radius 1 is 1.13 bits per heavy atom. The summed E-state index contributed by atoms with van der Waals surface area (Å²) < 4.78 is 1.93. The van der Waals surface area contributed by atoms with Crippen molar-refractivity contribution in [1.29, 1.82) is 0 Å². The Labute approximate surface area is 190 Å². The average molecular weight is 498 g/mol. The molecular formula is C22H16BrN3O2S2. The summed E-state index contributed by atoms with van der Waals surface area (Å²) in [5.41, 5.74) is 3.32. The van der Waals surface area contributed by atoms with Crippen molar-refractivity contribution in [2.45, 2.75) is 6.92 Å². The van der Waals surface area contributed by atoms with Crippen LogP contribution in [0, 0.1) is 6.92 Å². The molecule has 8 heteroatoms. The van der Waals surface area contributed by atoms with Crippen LogP contribution in [-0.2, 0) is 0 Å². The number of thiazole rings is 1. The number of thiocarbonyl (C=S) groups is 1. The highest BCUT2D eigenvalue weighted by atomic mass is 79.9. The lowest BCUT2D eigenvalue weighted by Crippen LogP contribution is -2.34. The number of hydrogen-bond acceptors (Lipinski definition) is 5. The smallest absolute Gasteiger partial charge is 0.257 e. The van der Waals surface area contributed by atoms with E-state index in [9.17, 15) is 9.90 Å². The molecule has 5 nitrogen and oxygen atoms in total. The third-order valence-corrected chi connectivity index (χ3v) is 6.22. The minimum absolute atomic E-state index is 0.170. The molecule has 3 N–H and O–H groups in total. The van der Waals surface area contributed by atoms with E-state index in [1.807, 2.05) is 24.3 Å². The molecule has 0 aliphatic rings. The Morgan fingerprint density at radius 3 is 2.60 bits per heavy atom. The first-order valence-electron chi connectivity index (χ1n) is 8.98. The second-order valence-electron chi connectivity index (χ2n) is 6.59. The Balaban J connectivity index is 1.56. The van der Waals surface area contributed by atoms with E-state index in [-0.39, 0.29) is 16.8 Å². The number of aryl methyl sites for hydroxylation is 1. The monoisotopic (exact) mass is 497 g/mol. The molecule has 0 atom stereocenters. The van der Waals surface area contributed by atoms with Crippen molar-refractivity contribution in [2.75, 3.05) is 5.32 Å². The maximum Gasteiger partial charge on any atom is 0.257 e. The van der Waals surface area contributed by atoms with Gasteiger partial charge < -0.3 is 10.4 Å². The van der Waals surface area contributed by atoms with E-state index >= 15 is 0 Å². The number of rotatable bonds is 3. The van der Waals surface area contributed by atoms with Crippen LogP contribution in [0.4, 0.5) is 5.69 Å². The number of amides is 1. The van der Waals surface area contributed by atoms with Crippen LogP contribution in [0.1, 0.15) is 15.9 Å². The van der Waals surface area contributed by atoms with Gasteiger partial charge in [-0.05, 0) is 73.2 Å². The van der Waals surface area contributed by atoms with Gasteiger partial charge in [-0.1, -0.05) is 28.1 Å². The van der Waals surface area contributed by atoms with E-state index in [0.29, 0.717) is 27.4 Å². The Morgan fingerprint density at radius 2 is 1.87 bits per heavy atom. The van der Waals surface area contributed by atoms with Gasteiger partial charge in [-0.25, -0.2) is 4.98 Å². The number of benzene rings is 3. The van der Waals surface area contributed by atoms with Gasteiger partial charge in [0.05, 0.1) is 15.8 Å². The molecule has 4 rings (SSSR count). The quantitative estimate of drug-likeness (QED) is 0.244. The number of fused-ring (bicyclic) bond motifs is 1. The molecule has 0 spiro atoms. The van der Waals surface area contributed by atoms with Crippen molar-refractivity contribution in [3.63, 3.8) is 0 Å². The van der Waals surface area contributed by atoms with Gasteiger partial charge in [0, 0.05) is 15.7 Å². The number of aromatic nitrogens is 1. The fourth-order valence-electron chi connectivity index (χ4n) is 2.94. The molecule has 1 aromatic heterocycles. The van der Waals surface area contributed by atoms with Gasteiger partial charge in [0.2, 0.25) is 0 Å². The molecule has 0 saturated carbocycles. The maximum atomic E-state index is 12.4. The van der Waals surface area contributed by atoms with E-state index in [0.717, 1.165) is 14.7 Å². The molecule has 0 saturated heterocycles. The molecule has 1 heterocycles. The molecular weight excluding hydrogens is 482 g/mol. The number of halogens is 1. The summed E-state index contributed by atoms with van der Waals surface area (Å²) in [6.07, 6.45) is 0. The van der Waals surface area contributed by atoms with Crippen LogP contribution in [-0.4, -0.2) is 21.1 Å². The van der Waals surface area contributed by atoms with Crippen molar-refractivity contribution in [2.24, 2.45) is 0 Å². The van der Waals surface area contributed by atoms with Crippen LogP contribution in [0.15, 0.2) is 65.1 Å². The molecule has 3 aromatic carbocycles. The van der Waals surface area contributed by atoms with Gasteiger partial charge in [0.25, 0.3) is 5.91 Å². The normalized spacial score (nSPS) is 10.7. The van der Waals surface area contributed by atoms with Crippen molar-refractivity contribution >= 4 is 66.4 Å². The van der Waals surface area contributed by atoms with Crippen molar-refractivity contribution in [1.82, 2.24) is 10.3 Å². The third-order valence-electron chi connectivity index (χ3n) is 4.42. The van der Waals surface area contributed by atoms with Gasteiger partial charge in [0.15, 0.2) is 5.11 Å². The Hall–Kier alpha value is -2.81. The lowest BCUT2D eigenvalue weighted by atomic mass is 10.1. The Kier molecular flexibility index (Phi) is 5.80. The number of hydrogen-bond donors (Lipinski definition) is 3. The number of nitrogens with one attached hydrogen (secondary N) is 2. The highest BCUT2D eigenvalue weighted by Crippen LogP contribution is 2.38. The number of carbonyl (C=O) groups is 1. The van der Waals surface area contributed by atoms with Crippen molar-refractivity contribution < 1.29 is 9.90 Å². The lowest BCUT2D eigenvalue weighted by Gasteiger charge is -2.13. The first-order valence-corrected chi connectivity index (χ1v) is 11.0. The van der Waals surface area contributed by atoms with Gasteiger partial charge >= 0.3 is 0 Å². The highest BCUT2D eigenvalue weighted by Gasteiger charge is 2.15. The molecule has 4 aromatic rings. The third kappa shape index (κ3) is 4.35. The van der Waals surface area contributed by atoms with E-state index in [4.69, 9.17) is 12.2 Å². The summed E-state index contributed by atoms with van der Waals surface area (Å²) in [7, 11) is 0. The zero-order valence-corrected chi connectivity index (χ0v) is 19.0. The molecule has 0 radical (unpaired) electrons. The predicted molar refractivity (Wildman–Crippen MR) is 129 cm³/mol. The van der Waals surface area contributed by atoms with E-state index < -0.39 is 0 Å². The molecule has 0 unspecified atom stereocenters. The summed E-state index contributed by atoms with van der Waals surface area (Å²) in [6, 6.07) is 18.4. The SMILES string of the molecule is Cc1cc(NC(=S)NC(=O)c2ccc(Br)cc2)cc(-c2nc3ccccc3s2)c1O. The van der Waals surface area contributed by atoms with Gasteiger partial charge in [-0.2, -0.15) is 0 Å². The van der Waals surface area contributed by atoms with E-state index in [1.165, 1.54) is 11.3 Å². The van der Waals surface area contributed by atoms with Crippen LogP contribution in [0.25, 0.3) is 20.8 Å². The zero-order chi connectivity index (χ0) is 21.3. The molecule has 30 heavy (non-hydrogen) atoms. The van der Waals surface area contributed by atoms with Gasteiger partial charge in [-0.15, -0.1) is 11.3 Å². The number of nitrogens with zero attached hydrogens (tertiary/aromatic N) is 1. The van der Waals surface area contributed by atoms with Crippen LogP contribution in [0.3, 0.4) is 0 Å². The second kappa shape index (κ2) is 8.51. The molecule has 0 aliphatic carbocycles. The van der Waals surface area contributed by atoms with Gasteiger partial charge in [-0.3, -0.25) is 10.1 Å².